The second-order valence-corrected chi connectivity index (χ2v) is 6.50. The Morgan fingerprint density at radius 3 is 2.18 bits per heavy atom. The molecule has 2 nitrogen and oxygen atoms in total. The molecule has 1 saturated carbocycles. The standard InChI is InChI=1S/C14H19BrN2/c15-12-1-3-14(4-2-12)17-8-10-5-11(9-17)7-13(16)6-10/h1-4,10-11,13H,5-9,16H2. The molecule has 2 atom stereocenters. The van der Waals surface area contributed by atoms with Gasteiger partial charge in [0.1, 0.15) is 0 Å². The number of rotatable bonds is 1. The lowest BCUT2D eigenvalue weighted by molar-refractivity contribution is 0.208. The van der Waals surface area contributed by atoms with Gasteiger partial charge in [-0.25, -0.2) is 0 Å². The average Bonchev–Trinajstić information content (AvgIpc) is 2.28. The van der Waals surface area contributed by atoms with Crippen molar-refractivity contribution in [1.29, 1.82) is 0 Å². The van der Waals surface area contributed by atoms with Gasteiger partial charge in [-0.3, -0.25) is 0 Å². The molecular formula is C14H19BrN2. The van der Waals surface area contributed by atoms with E-state index in [9.17, 15) is 0 Å². The van der Waals surface area contributed by atoms with Crippen molar-refractivity contribution in [2.45, 2.75) is 25.3 Å². The van der Waals surface area contributed by atoms with Crippen LogP contribution in [0.25, 0.3) is 0 Å². The molecular weight excluding hydrogens is 276 g/mol. The zero-order valence-electron chi connectivity index (χ0n) is 9.98. The van der Waals surface area contributed by atoms with E-state index in [2.05, 4.69) is 45.1 Å². The molecule has 17 heavy (non-hydrogen) atoms. The van der Waals surface area contributed by atoms with Gasteiger partial charge in [0.15, 0.2) is 0 Å². The van der Waals surface area contributed by atoms with E-state index < -0.39 is 0 Å². The Hall–Kier alpha value is -0.540. The van der Waals surface area contributed by atoms with Crippen molar-refractivity contribution in [2.24, 2.45) is 17.6 Å². The number of nitrogens with zero attached hydrogens (tertiary/aromatic N) is 1. The third kappa shape index (κ3) is 2.50. The summed E-state index contributed by atoms with van der Waals surface area (Å²) in [5, 5.41) is 0. The Bertz CT molecular complexity index is 372. The maximum absolute atomic E-state index is 6.10. The highest BCUT2D eigenvalue weighted by molar-refractivity contribution is 9.10. The van der Waals surface area contributed by atoms with Gasteiger partial charge in [0, 0.05) is 29.3 Å². The SMILES string of the molecule is NC1CC2CC(C1)CN(c1ccc(Br)cc1)C2. The zero-order chi connectivity index (χ0) is 11.8. The molecule has 1 heterocycles. The Balaban J connectivity index is 1.75. The summed E-state index contributed by atoms with van der Waals surface area (Å²) in [5.41, 5.74) is 7.46. The third-order valence-corrected chi connectivity index (χ3v) is 4.62. The number of hydrogen-bond donors (Lipinski definition) is 1. The number of halogens is 1. The fraction of sp³-hybridized carbons (Fsp3) is 0.571. The number of anilines is 1. The average molecular weight is 295 g/mol. The van der Waals surface area contributed by atoms with Gasteiger partial charge in [-0.05, 0) is 55.4 Å². The first-order valence-electron chi connectivity index (χ1n) is 6.47. The van der Waals surface area contributed by atoms with Gasteiger partial charge in [0.2, 0.25) is 0 Å². The fourth-order valence-corrected chi connectivity index (χ4v) is 3.74. The summed E-state index contributed by atoms with van der Waals surface area (Å²) in [6.07, 6.45) is 3.81. The highest BCUT2D eigenvalue weighted by atomic mass is 79.9. The van der Waals surface area contributed by atoms with Crippen LogP contribution in [-0.4, -0.2) is 19.1 Å². The van der Waals surface area contributed by atoms with Crippen LogP contribution in [0.15, 0.2) is 28.7 Å². The van der Waals surface area contributed by atoms with Crippen molar-refractivity contribution in [1.82, 2.24) is 0 Å². The number of nitrogens with two attached hydrogens (primary N) is 1. The summed E-state index contributed by atoms with van der Waals surface area (Å²) in [4.78, 5) is 2.54. The van der Waals surface area contributed by atoms with Crippen molar-refractivity contribution >= 4 is 21.6 Å². The van der Waals surface area contributed by atoms with E-state index in [0.29, 0.717) is 6.04 Å². The first-order valence-corrected chi connectivity index (χ1v) is 7.26. The number of benzene rings is 1. The monoisotopic (exact) mass is 294 g/mol. The molecule has 1 aliphatic carbocycles. The van der Waals surface area contributed by atoms with Crippen molar-refractivity contribution in [3.63, 3.8) is 0 Å². The molecule has 1 aromatic carbocycles. The van der Waals surface area contributed by atoms with Crippen molar-refractivity contribution in [3.8, 4) is 0 Å². The van der Waals surface area contributed by atoms with Gasteiger partial charge in [0.05, 0.1) is 0 Å². The Morgan fingerprint density at radius 2 is 1.59 bits per heavy atom. The largest absolute Gasteiger partial charge is 0.371 e. The molecule has 3 rings (SSSR count). The van der Waals surface area contributed by atoms with Crippen LogP contribution in [0, 0.1) is 11.8 Å². The van der Waals surface area contributed by atoms with Gasteiger partial charge in [-0.2, -0.15) is 0 Å². The van der Waals surface area contributed by atoms with Crippen LogP contribution < -0.4 is 10.6 Å². The summed E-state index contributed by atoms with van der Waals surface area (Å²) in [6.45, 7) is 2.37. The van der Waals surface area contributed by atoms with Crippen LogP contribution in [0.3, 0.4) is 0 Å². The summed E-state index contributed by atoms with van der Waals surface area (Å²) in [5.74, 6) is 1.61. The molecule has 92 valence electrons. The minimum atomic E-state index is 0.450. The lowest BCUT2D eigenvalue weighted by Crippen LogP contribution is -2.47. The first-order chi connectivity index (χ1) is 8.20. The van der Waals surface area contributed by atoms with Gasteiger partial charge in [-0.1, -0.05) is 15.9 Å². The molecule has 3 heteroatoms. The molecule has 1 aliphatic heterocycles. The van der Waals surface area contributed by atoms with E-state index >= 15 is 0 Å². The summed E-state index contributed by atoms with van der Waals surface area (Å²) in [7, 11) is 0. The minimum absolute atomic E-state index is 0.450. The lowest BCUT2D eigenvalue weighted by atomic mass is 9.75. The van der Waals surface area contributed by atoms with Crippen LogP contribution in [-0.2, 0) is 0 Å². The lowest BCUT2D eigenvalue weighted by Gasteiger charge is -2.44. The van der Waals surface area contributed by atoms with Crippen LogP contribution in [0.1, 0.15) is 19.3 Å². The highest BCUT2D eigenvalue weighted by Crippen LogP contribution is 2.36. The molecule has 2 aliphatic rings. The third-order valence-electron chi connectivity index (χ3n) is 4.09. The van der Waals surface area contributed by atoms with Gasteiger partial charge >= 0.3 is 0 Å². The van der Waals surface area contributed by atoms with Crippen LogP contribution >= 0.6 is 15.9 Å². The molecule has 1 saturated heterocycles. The van der Waals surface area contributed by atoms with Crippen molar-refractivity contribution in [2.75, 3.05) is 18.0 Å². The number of piperidine rings is 1. The fourth-order valence-electron chi connectivity index (χ4n) is 3.48. The van der Waals surface area contributed by atoms with E-state index in [4.69, 9.17) is 5.73 Å². The van der Waals surface area contributed by atoms with E-state index in [0.717, 1.165) is 16.3 Å². The predicted molar refractivity (Wildman–Crippen MR) is 75.2 cm³/mol. The van der Waals surface area contributed by atoms with Crippen molar-refractivity contribution in [3.05, 3.63) is 28.7 Å². The molecule has 1 aromatic rings. The van der Waals surface area contributed by atoms with Crippen molar-refractivity contribution < 1.29 is 0 Å². The van der Waals surface area contributed by atoms with E-state index in [-0.39, 0.29) is 0 Å². The van der Waals surface area contributed by atoms with Gasteiger partial charge in [0.25, 0.3) is 0 Å². The van der Waals surface area contributed by atoms with Crippen LogP contribution in [0.2, 0.25) is 0 Å². The zero-order valence-corrected chi connectivity index (χ0v) is 11.6. The second-order valence-electron chi connectivity index (χ2n) is 5.58. The van der Waals surface area contributed by atoms with E-state index in [1.54, 1.807) is 0 Å². The molecule has 2 N–H and O–H groups in total. The van der Waals surface area contributed by atoms with E-state index in [1.165, 1.54) is 38.0 Å². The Kier molecular flexibility index (Phi) is 3.14. The first kappa shape index (κ1) is 11.5. The van der Waals surface area contributed by atoms with Crippen LogP contribution in [0.4, 0.5) is 5.69 Å². The Labute approximate surface area is 111 Å². The summed E-state index contributed by atoms with van der Waals surface area (Å²) in [6, 6.07) is 9.14. The maximum atomic E-state index is 6.10. The predicted octanol–water partition coefficient (Wildman–Crippen LogP) is 3.01. The number of hydrogen-bond acceptors (Lipinski definition) is 2. The minimum Gasteiger partial charge on any atom is -0.371 e. The van der Waals surface area contributed by atoms with Crippen LogP contribution in [0.5, 0.6) is 0 Å². The Morgan fingerprint density at radius 1 is 1.00 bits per heavy atom. The summed E-state index contributed by atoms with van der Waals surface area (Å²) < 4.78 is 1.15. The smallest absolute Gasteiger partial charge is 0.0367 e. The normalized spacial score (nSPS) is 32.6. The van der Waals surface area contributed by atoms with Gasteiger partial charge in [-0.15, -0.1) is 0 Å². The quantitative estimate of drug-likeness (QED) is 0.863. The second kappa shape index (κ2) is 4.62. The molecule has 0 spiro atoms. The molecule has 0 aromatic heterocycles. The molecule has 0 amide bonds. The van der Waals surface area contributed by atoms with Gasteiger partial charge < -0.3 is 10.6 Å². The maximum Gasteiger partial charge on any atom is 0.0367 e. The number of fused-ring (bicyclic) bond motifs is 2. The highest BCUT2D eigenvalue weighted by Gasteiger charge is 2.33. The van der Waals surface area contributed by atoms with E-state index in [1.807, 2.05) is 0 Å². The topological polar surface area (TPSA) is 29.3 Å². The molecule has 0 radical (unpaired) electrons. The molecule has 2 unspecified atom stereocenters. The molecule has 2 fully saturated rings. The molecule has 2 bridgehead atoms. The summed E-state index contributed by atoms with van der Waals surface area (Å²) >= 11 is 3.49.